The van der Waals surface area contributed by atoms with Gasteiger partial charge in [0.25, 0.3) is 0 Å². The molecular weight excluding hydrogens is 278 g/mol. The van der Waals surface area contributed by atoms with Gasteiger partial charge in [0, 0.05) is 0 Å². The zero-order valence-corrected chi connectivity index (χ0v) is 13.1. The van der Waals surface area contributed by atoms with Gasteiger partial charge in [-0.25, -0.2) is 0 Å². The molecular formula is C18H19NO3. The van der Waals surface area contributed by atoms with Gasteiger partial charge in [-0.2, -0.15) is 5.26 Å². The fraction of sp³-hybridized carbons (Fsp3) is 0.278. The van der Waals surface area contributed by atoms with E-state index < -0.39 is 0 Å². The average Bonchev–Trinajstić information content (AvgIpc) is 2.50. The van der Waals surface area contributed by atoms with E-state index in [-0.39, 0.29) is 0 Å². The molecule has 0 fully saturated rings. The maximum atomic E-state index is 9.12. The lowest BCUT2D eigenvalue weighted by molar-refractivity contribution is 0.211. The standard InChI is InChI=1S/C18H19NO3/c1-13-9-14(2)11-16(10-13)21-7-8-22-18-15(12-19)5-4-6-17(18)20-3/h4-6,9-11H,7-8H2,1-3H3. The van der Waals surface area contributed by atoms with Crippen molar-refractivity contribution in [1.82, 2.24) is 0 Å². The molecule has 0 aliphatic heterocycles. The minimum absolute atomic E-state index is 0.335. The summed E-state index contributed by atoms with van der Waals surface area (Å²) in [6, 6.07) is 13.4. The van der Waals surface area contributed by atoms with Crippen molar-refractivity contribution in [3.8, 4) is 23.3 Å². The molecule has 22 heavy (non-hydrogen) atoms. The predicted octanol–water partition coefficient (Wildman–Crippen LogP) is 3.64. The van der Waals surface area contributed by atoms with E-state index in [9.17, 15) is 0 Å². The maximum Gasteiger partial charge on any atom is 0.179 e. The smallest absolute Gasteiger partial charge is 0.179 e. The third kappa shape index (κ3) is 3.92. The van der Waals surface area contributed by atoms with Crippen LogP contribution in [-0.2, 0) is 0 Å². The Labute approximate surface area is 130 Å². The molecule has 0 saturated carbocycles. The van der Waals surface area contributed by atoms with Crippen LogP contribution in [-0.4, -0.2) is 20.3 Å². The van der Waals surface area contributed by atoms with Crippen molar-refractivity contribution >= 4 is 0 Å². The second-order valence-corrected chi connectivity index (χ2v) is 4.97. The first-order valence-corrected chi connectivity index (χ1v) is 7.05. The number of hydrogen-bond donors (Lipinski definition) is 0. The summed E-state index contributed by atoms with van der Waals surface area (Å²) in [5, 5.41) is 9.12. The number of methoxy groups -OCH3 is 1. The van der Waals surface area contributed by atoms with Crippen LogP contribution < -0.4 is 14.2 Å². The molecule has 2 aromatic carbocycles. The second kappa shape index (κ2) is 7.37. The zero-order chi connectivity index (χ0) is 15.9. The highest BCUT2D eigenvalue weighted by Crippen LogP contribution is 2.30. The molecule has 0 radical (unpaired) electrons. The summed E-state index contributed by atoms with van der Waals surface area (Å²) in [6.45, 7) is 4.79. The van der Waals surface area contributed by atoms with Crippen LogP contribution in [0.3, 0.4) is 0 Å². The third-order valence-electron chi connectivity index (χ3n) is 3.11. The van der Waals surface area contributed by atoms with E-state index >= 15 is 0 Å². The number of nitrogens with zero attached hydrogens (tertiary/aromatic N) is 1. The summed E-state index contributed by atoms with van der Waals surface area (Å²) in [7, 11) is 1.55. The minimum atomic E-state index is 0.335. The molecule has 0 N–H and O–H groups in total. The molecule has 114 valence electrons. The highest BCUT2D eigenvalue weighted by molar-refractivity contribution is 5.52. The van der Waals surface area contributed by atoms with E-state index in [1.54, 1.807) is 25.3 Å². The Morgan fingerprint density at radius 2 is 1.68 bits per heavy atom. The first-order chi connectivity index (χ1) is 10.6. The van der Waals surface area contributed by atoms with E-state index in [0.717, 1.165) is 16.9 Å². The van der Waals surface area contributed by atoms with Crippen LogP contribution in [0.1, 0.15) is 16.7 Å². The molecule has 0 bridgehead atoms. The number of hydrogen-bond acceptors (Lipinski definition) is 4. The van der Waals surface area contributed by atoms with Crippen LogP contribution in [0.5, 0.6) is 17.2 Å². The molecule has 0 aromatic heterocycles. The Hall–Kier alpha value is -2.67. The molecule has 2 rings (SSSR count). The number of aryl methyl sites for hydroxylation is 2. The Morgan fingerprint density at radius 1 is 1.00 bits per heavy atom. The molecule has 0 spiro atoms. The lowest BCUT2D eigenvalue weighted by Crippen LogP contribution is -2.10. The van der Waals surface area contributed by atoms with Crippen molar-refractivity contribution in [2.75, 3.05) is 20.3 Å². The molecule has 2 aromatic rings. The summed E-state index contributed by atoms with van der Waals surface area (Å²) in [5.41, 5.74) is 2.77. The molecule has 0 amide bonds. The van der Waals surface area contributed by atoms with E-state index in [2.05, 4.69) is 12.1 Å². The molecule has 0 unspecified atom stereocenters. The maximum absolute atomic E-state index is 9.12. The van der Waals surface area contributed by atoms with Gasteiger partial charge in [0.2, 0.25) is 0 Å². The van der Waals surface area contributed by atoms with Crippen molar-refractivity contribution < 1.29 is 14.2 Å². The van der Waals surface area contributed by atoms with Gasteiger partial charge in [0.1, 0.15) is 25.0 Å². The van der Waals surface area contributed by atoms with Crippen LogP contribution in [0.2, 0.25) is 0 Å². The van der Waals surface area contributed by atoms with Crippen LogP contribution >= 0.6 is 0 Å². The quantitative estimate of drug-likeness (QED) is 0.764. The fourth-order valence-electron chi connectivity index (χ4n) is 2.23. The number of benzene rings is 2. The highest BCUT2D eigenvalue weighted by atomic mass is 16.5. The summed E-state index contributed by atoms with van der Waals surface area (Å²) >= 11 is 0. The molecule has 0 aliphatic rings. The molecule has 0 aliphatic carbocycles. The third-order valence-corrected chi connectivity index (χ3v) is 3.11. The molecule has 0 heterocycles. The Morgan fingerprint density at radius 3 is 2.32 bits per heavy atom. The fourth-order valence-corrected chi connectivity index (χ4v) is 2.23. The first-order valence-electron chi connectivity index (χ1n) is 7.05. The highest BCUT2D eigenvalue weighted by Gasteiger charge is 2.10. The SMILES string of the molecule is COc1cccc(C#N)c1OCCOc1cc(C)cc(C)c1. The summed E-state index contributed by atoms with van der Waals surface area (Å²) < 4.78 is 16.6. The largest absolute Gasteiger partial charge is 0.493 e. The molecule has 4 heteroatoms. The van der Waals surface area contributed by atoms with Crippen molar-refractivity contribution in [3.05, 3.63) is 53.1 Å². The molecule has 4 nitrogen and oxygen atoms in total. The van der Waals surface area contributed by atoms with Gasteiger partial charge in [-0.15, -0.1) is 0 Å². The van der Waals surface area contributed by atoms with E-state index in [1.165, 1.54) is 0 Å². The average molecular weight is 297 g/mol. The van der Waals surface area contributed by atoms with Crippen molar-refractivity contribution in [2.45, 2.75) is 13.8 Å². The zero-order valence-electron chi connectivity index (χ0n) is 13.1. The van der Waals surface area contributed by atoms with Gasteiger partial charge in [0.15, 0.2) is 11.5 Å². The van der Waals surface area contributed by atoms with Crippen LogP contribution in [0.4, 0.5) is 0 Å². The van der Waals surface area contributed by atoms with Crippen LogP contribution in [0.15, 0.2) is 36.4 Å². The summed E-state index contributed by atoms with van der Waals surface area (Å²) in [5.74, 6) is 1.82. The van der Waals surface area contributed by atoms with Crippen molar-refractivity contribution in [3.63, 3.8) is 0 Å². The first kappa shape index (κ1) is 15.7. The summed E-state index contributed by atoms with van der Waals surface area (Å²) in [4.78, 5) is 0. The van der Waals surface area contributed by atoms with Gasteiger partial charge >= 0.3 is 0 Å². The minimum Gasteiger partial charge on any atom is -0.493 e. The van der Waals surface area contributed by atoms with E-state index in [4.69, 9.17) is 19.5 Å². The second-order valence-electron chi connectivity index (χ2n) is 4.97. The normalized spacial score (nSPS) is 9.91. The van der Waals surface area contributed by atoms with Gasteiger partial charge in [0.05, 0.1) is 12.7 Å². The van der Waals surface area contributed by atoms with Gasteiger partial charge < -0.3 is 14.2 Å². The van der Waals surface area contributed by atoms with Crippen molar-refractivity contribution in [2.24, 2.45) is 0 Å². The Balaban J connectivity index is 1.96. The Kier molecular flexibility index (Phi) is 5.26. The predicted molar refractivity (Wildman–Crippen MR) is 84.6 cm³/mol. The van der Waals surface area contributed by atoms with E-state index in [0.29, 0.717) is 30.3 Å². The molecule has 0 saturated heterocycles. The number of rotatable bonds is 6. The summed E-state index contributed by atoms with van der Waals surface area (Å²) in [6.07, 6.45) is 0. The van der Waals surface area contributed by atoms with Crippen molar-refractivity contribution in [1.29, 1.82) is 5.26 Å². The van der Waals surface area contributed by atoms with E-state index in [1.807, 2.05) is 26.0 Å². The molecule has 0 atom stereocenters. The van der Waals surface area contributed by atoms with Gasteiger partial charge in [-0.3, -0.25) is 0 Å². The number of nitriles is 1. The number of para-hydroxylation sites is 1. The topological polar surface area (TPSA) is 51.5 Å². The number of ether oxygens (including phenoxy) is 3. The van der Waals surface area contributed by atoms with Gasteiger partial charge in [-0.1, -0.05) is 12.1 Å². The lowest BCUT2D eigenvalue weighted by atomic mass is 10.1. The lowest BCUT2D eigenvalue weighted by Gasteiger charge is -2.13. The van der Waals surface area contributed by atoms with Gasteiger partial charge in [-0.05, 0) is 49.2 Å². The Bertz CT molecular complexity index is 669. The van der Waals surface area contributed by atoms with Crippen LogP contribution in [0.25, 0.3) is 0 Å². The monoisotopic (exact) mass is 297 g/mol. The van der Waals surface area contributed by atoms with Crippen LogP contribution in [0, 0.1) is 25.2 Å².